The van der Waals surface area contributed by atoms with E-state index in [0.717, 1.165) is 0 Å². The van der Waals surface area contributed by atoms with Crippen LogP contribution in [0.1, 0.15) is 39.2 Å². The van der Waals surface area contributed by atoms with E-state index in [4.69, 9.17) is 4.74 Å². The zero-order chi connectivity index (χ0) is 26.5. The highest BCUT2D eigenvalue weighted by Crippen LogP contribution is 2.28. The summed E-state index contributed by atoms with van der Waals surface area (Å²) < 4.78 is 60.2. The van der Waals surface area contributed by atoms with E-state index in [-0.39, 0.29) is 34.7 Å². The summed E-state index contributed by atoms with van der Waals surface area (Å²) in [6.07, 6.45) is 0.747. The van der Waals surface area contributed by atoms with Crippen molar-refractivity contribution in [2.24, 2.45) is 5.92 Å². The highest BCUT2D eigenvalue weighted by atomic mass is 32.2. The van der Waals surface area contributed by atoms with Crippen molar-refractivity contribution in [3.05, 3.63) is 48.0 Å². The van der Waals surface area contributed by atoms with Crippen LogP contribution in [0.5, 0.6) is 5.75 Å². The van der Waals surface area contributed by atoms with Gasteiger partial charge < -0.3 is 10.1 Å². The maximum Gasteiger partial charge on any atom is 0.243 e. The fourth-order valence-electron chi connectivity index (χ4n) is 4.28. The fourth-order valence-corrected chi connectivity index (χ4v) is 7.46. The highest BCUT2D eigenvalue weighted by Gasteiger charge is 2.32. The minimum absolute atomic E-state index is 0.167. The first-order valence-corrected chi connectivity index (χ1v) is 15.1. The molecule has 9 nitrogen and oxygen atoms in total. The smallest absolute Gasteiger partial charge is 0.243 e. The number of piperidine rings is 1. The van der Waals surface area contributed by atoms with Gasteiger partial charge in [0, 0.05) is 37.8 Å². The first-order valence-electron chi connectivity index (χ1n) is 12.2. The summed E-state index contributed by atoms with van der Waals surface area (Å²) in [5.74, 6) is -0.0138. The number of hydrogen-bond donors (Lipinski definition) is 1. The Morgan fingerprint density at radius 2 is 1.61 bits per heavy atom. The molecule has 0 unspecified atom stereocenters. The van der Waals surface area contributed by atoms with Crippen molar-refractivity contribution in [2.45, 2.75) is 50.3 Å². The Labute approximate surface area is 214 Å². The van der Waals surface area contributed by atoms with E-state index in [2.05, 4.69) is 5.32 Å². The van der Waals surface area contributed by atoms with Gasteiger partial charge in [0.05, 0.1) is 16.4 Å². The lowest BCUT2D eigenvalue weighted by atomic mass is 9.97. The van der Waals surface area contributed by atoms with Crippen LogP contribution in [0, 0.1) is 12.8 Å². The Balaban J connectivity index is 1.66. The third kappa shape index (κ3) is 6.08. The van der Waals surface area contributed by atoms with Gasteiger partial charge in [0.1, 0.15) is 5.75 Å². The van der Waals surface area contributed by atoms with Gasteiger partial charge in [-0.2, -0.15) is 8.61 Å². The lowest BCUT2D eigenvalue weighted by molar-refractivity contribution is -0.120. The summed E-state index contributed by atoms with van der Waals surface area (Å²) in [7, 11) is -7.34. The molecule has 11 heteroatoms. The van der Waals surface area contributed by atoms with Gasteiger partial charge in [0.25, 0.3) is 0 Å². The van der Waals surface area contributed by atoms with Crippen molar-refractivity contribution in [3.63, 3.8) is 0 Å². The number of ether oxygens (including phenoxy) is 1. The van der Waals surface area contributed by atoms with Crippen molar-refractivity contribution < 1.29 is 26.4 Å². The first kappa shape index (κ1) is 28.1. The molecule has 3 rings (SSSR count). The second-order valence-electron chi connectivity index (χ2n) is 8.64. The number of carbonyl (C=O) groups excluding carboxylic acids is 1. The van der Waals surface area contributed by atoms with Crippen molar-refractivity contribution in [1.82, 2.24) is 8.61 Å². The molecular weight excluding hydrogens is 502 g/mol. The lowest BCUT2D eigenvalue weighted by Gasteiger charge is -2.30. The van der Waals surface area contributed by atoms with E-state index in [1.165, 1.54) is 26.8 Å². The van der Waals surface area contributed by atoms with Gasteiger partial charge in [0.15, 0.2) is 0 Å². The molecule has 0 aromatic heterocycles. The van der Waals surface area contributed by atoms with Gasteiger partial charge in [-0.25, -0.2) is 16.8 Å². The monoisotopic (exact) mass is 537 g/mol. The van der Waals surface area contributed by atoms with Crippen LogP contribution in [0.15, 0.2) is 52.3 Å². The highest BCUT2D eigenvalue weighted by molar-refractivity contribution is 7.89. The molecular formula is C25H35N3O6S2. The van der Waals surface area contributed by atoms with Gasteiger partial charge in [-0.3, -0.25) is 4.79 Å². The number of aryl methyl sites for hydroxylation is 1. The standard InChI is InChI=1S/C25H35N3O6S2/c1-5-27(6-2)36(32,33)24-18-21(9-8-19(24)4)26-25(29)20-14-16-28(17-15-20)35(30,31)23-12-10-22(11-13-23)34-7-3/h8-13,18,20H,5-7,14-17H2,1-4H3,(H,26,29). The van der Waals surface area contributed by atoms with E-state index in [9.17, 15) is 21.6 Å². The van der Waals surface area contributed by atoms with E-state index in [0.29, 0.717) is 49.5 Å². The van der Waals surface area contributed by atoms with Crippen LogP contribution >= 0.6 is 0 Å². The molecule has 1 saturated heterocycles. The summed E-state index contributed by atoms with van der Waals surface area (Å²) in [4.78, 5) is 13.3. The number of amides is 1. The van der Waals surface area contributed by atoms with Gasteiger partial charge >= 0.3 is 0 Å². The molecule has 1 aliphatic rings. The molecule has 2 aromatic carbocycles. The minimum atomic E-state index is -3.67. The summed E-state index contributed by atoms with van der Waals surface area (Å²) in [6, 6.07) is 11.2. The number of rotatable bonds is 10. The zero-order valence-corrected chi connectivity index (χ0v) is 22.9. The topological polar surface area (TPSA) is 113 Å². The average molecular weight is 538 g/mol. The zero-order valence-electron chi connectivity index (χ0n) is 21.2. The van der Waals surface area contributed by atoms with Crippen LogP contribution in [0.4, 0.5) is 5.69 Å². The molecule has 1 heterocycles. The van der Waals surface area contributed by atoms with Crippen LogP contribution in [0.3, 0.4) is 0 Å². The van der Waals surface area contributed by atoms with E-state index < -0.39 is 20.0 Å². The molecule has 0 saturated carbocycles. The third-order valence-corrected chi connectivity index (χ3v) is 10.5. The number of nitrogens with zero attached hydrogens (tertiary/aromatic N) is 2. The molecule has 1 N–H and O–H groups in total. The largest absolute Gasteiger partial charge is 0.494 e. The first-order chi connectivity index (χ1) is 17.0. The molecule has 1 fully saturated rings. The quantitative estimate of drug-likeness (QED) is 0.497. The molecule has 0 atom stereocenters. The molecule has 1 aliphatic heterocycles. The lowest BCUT2D eigenvalue weighted by Crippen LogP contribution is -2.41. The van der Waals surface area contributed by atoms with Gasteiger partial charge in [-0.05, 0) is 68.7 Å². The summed E-state index contributed by atoms with van der Waals surface area (Å²) in [5, 5.41) is 2.83. The molecule has 0 bridgehead atoms. The fraction of sp³-hybridized carbons (Fsp3) is 0.480. The van der Waals surface area contributed by atoms with Crippen LogP contribution in [-0.4, -0.2) is 64.1 Å². The predicted molar refractivity (Wildman–Crippen MR) is 139 cm³/mol. The second kappa shape index (κ2) is 11.7. The van der Waals surface area contributed by atoms with E-state index in [1.807, 2.05) is 6.92 Å². The summed E-state index contributed by atoms with van der Waals surface area (Å²) in [6.45, 7) is 8.80. The molecule has 2 aromatic rings. The van der Waals surface area contributed by atoms with E-state index in [1.54, 1.807) is 45.0 Å². The maximum absolute atomic E-state index is 13.0. The van der Waals surface area contributed by atoms with E-state index >= 15 is 0 Å². The molecule has 0 radical (unpaired) electrons. The summed E-state index contributed by atoms with van der Waals surface area (Å²) in [5.41, 5.74) is 1.01. The van der Waals surface area contributed by atoms with Gasteiger partial charge in [0.2, 0.25) is 26.0 Å². The average Bonchev–Trinajstić information content (AvgIpc) is 2.86. The Morgan fingerprint density at radius 1 is 1.00 bits per heavy atom. The number of sulfonamides is 2. The van der Waals surface area contributed by atoms with Crippen LogP contribution in [0.25, 0.3) is 0 Å². The molecule has 0 spiro atoms. The molecule has 1 amide bonds. The Kier molecular flexibility index (Phi) is 9.15. The maximum atomic E-state index is 13.0. The predicted octanol–water partition coefficient (Wildman–Crippen LogP) is 3.46. The Hall–Kier alpha value is -2.47. The van der Waals surface area contributed by atoms with Gasteiger partial charge in [-0.1, -0.05) is 19.9 Å². The third-order valence-electron chi connectivity index (χ3n) is 6.38. The minimum Gasteiger partial charge on any atom is -0.494 e. The SMILES string of the molecule is CCOc1ccc(S(=O)(=O)N2CCC(C(=O)Nc3ccc(C)c(S(=O)(=O)N(CC)CC)c3)CC2)cc1. The molecule has 36 heavy (non-hydrogen) atoms. The summed E-state index contributed by atoms with van der Waals surface area (Å²) >= 11 is 0. The number of nitrogens with one attached hydrogen (secondary N) is 1. The van der Waals surface area contributed by atoms with Crippen molar-refractivity contribution in [1.29, 1.82) is 0 Å². The Morgan fingerprint density at radius 3 is 2.17 bits per heavy atom. The van der Waals surface area contributed by atoms with Gasteiger partial charge in [-0.15, -0.1) is 0 Å². The number of anilines is 1. The van der Waals surface area contributed by atoms with Crippen LogP contribution in [-0.2, 0) is 24.8 Å². The van der Waals surface area contributed by atoms with Crippen LogP contribution < -0.4 is 10.1 Å². The molecule has 198 valence electrons. The van der Waals surface area contributed by atoms with Crippen molar-refractivity contribution in [3.8, 4) is 5.75 Å². The Bertz CT molecular complexity index is 1270. The molecule has 0 aliphatic carbocycles. The second-order valence-corrected chi connectivity index (χ2v) is 12.5. The normalized spacial score (nSPS) is 15.7. The number of hydrogen-bond acceptors (Lipinski definition) is 6. The van der Waals surface area contributed by atoms with Crippen molar-refractivity contribution in [2.75, 3.05) is 38.1 Å². The van der Waals surface area contributed by atoms with Crippen molar-refractivity contribution >= 4 is 31.6 Å². The van der Waals surface area contributed by atoms with Crippen LogP contribution in [0.2, 0.25) is 0 Å². The number of carbonyl (C=O) groups is 1. The number of benzene rings is 2.